The van der Waals surface area contributed by atoms with Crippen molar-refractivity contribution in [2.75, 3.05) is 39.8 Å². The van der Waals surface area contributed by atoms with E-state index in [-0.39, 0.29) is 0 Å². The predicted molar refractivity (Wildman–Crippen MR) is 69.6 cm³/mol. The summed E-state index contributed by atoms with van der Waals surface area (Å²) in [6, 6.07) is 5.70. The molecule has 1 aromatic carbocycles. The number of anilines is 1. The maximum atomic E-state index is 8.64. The zero-order valence-corrected chi connectivity index (χ0v) is 11.2. The molecule has 0 amide bonds. The van der Waals surface area contributed by atoms with Crippen LogP contribution in [0, 0.1) is 11.3 Å². The highest BCUT2D eigenvalue weighted by atomic mass is 16.5. The summed E-state index contributed by atoms with van der Waals surface area (Å²) in [6.07, 6.45) is 0.439. The number of methoxy groups -OCH3 is 3. The lowest BCUT2D eigenvalue weighted by Crippen LogP contribution is -2.19. The van der Waals surface area contributed by atoms with Crippen molar-refractivity contribution >= 4 is 5.69 Å². The van der Waals surface area contributed by atoms with Gasteiger partial charge in [-0.05, 0) is 0 Å². The summed E-state index contributed by atoms with van der Waals surface area (Å²) in [5, 5.41) is 8.64. The number of rotatable bonds is 6. The van der Waals surface area contributed by atoms with E-state index in [1.807, 2.05) is 11.9 Å². The van der Waals surface area contributed by atoms with Crippen LogP contribution >= 0.6 is 0 Å². The Morgan fingerprint density at radius 1 is 1.11 bits per heavy atom. The Morgan fingerprint density at radius 2 is 1.67 bits per heavy atom. The number of nitrogens with zero attached hydrogens (tertiary/aromatic N) is 2. The number of nitriles is 1. The first-order valence-corrected chi connectivity index (χ1v) is 5.56. The highest BCUT2D eigenvalue weighted by Gasteiger charge is 2.16. The summed E-state index contributed by atoms with van der Waals surface area (Å²) < 4.78 is 15.9. The first-order chi connectivity index (χ1) is 8.67. The normalized spacial score (nSPS) is 9.50. The fourth-order valence-electron chi connectivity index (χ4n) is 1.69. The van der Waals surface area contributed by atoms with Gasteiger partial charge >= 0.3 is 0 Å². The molecule has 0 unspecified atom stereocenters. The third-order valence-electron chi connectivity index (χ3n) is 2.63. The van der Waals surface area contributed by atoms with Crippen molar-refractivity contribution < 1.29 is 14.2 Å². The van der Waals surface area contributed by atoms with Gasteiger partial charge in [0.05, 0.1) is 33.8 Å². The van der Waals surface area contributed by atoms with Crippen LogP contribution < -0.4 is 19.1 Å². The monoisotopic (exact) mass is 250 g/mol. The quantitative estimate of drug-likeness (QED) is 0.773. The predicted octanol–water partition coefficient (Wildman–Crippen LogP) is 2.06. The molecule has 0 saturated heterocycles. The first kappa shape index (κ1) is 14.0. The van der Waals surface area contributed by atoms with Crippen molar-refractivity contribution in [3.63, 3.8) is 0 Å². The van der Waals surface area contributed by atoms with Gasteiger partial charge in [0.15, 0.2) is 0 Å². The molecule has 0 radical (unpaired) electrons. The first-order valence-electron chi connectivity index (χ1n) is 5.56. The Morgan fingerprint density at radius 3 is 2.06 bits per heavy atom. The van der Waals surface area contributed by atoms with Gasteiger partial charge in [0.25, 0.3) is 0 Å². The van der Waals surface area contributed by atoms with E-state index in [2.05, 4.69) is 6.07 Å². The lowest BCUT2D eigenvalue weighted by molar-refractivity contribution is 0.376. The van der Waals surface area contributed by atoms with E-state index in [4.69, 9.17) is 19.5 Å². The van der Waals surface area contributed by atoms with Crippen LogP contribution in [-0.2, 0) is 0 Å². The van der Waals surface area contributed by atoms with Crippen LogP contribution in [0.4, 0.5) is 5.69 Å². The Hall–Kier alpha value is -2.09. The maximum absolute atomic E-state index is 8.64. The Kier molecular flexibility index (Phi) is 5.12. The molecule has 1 rings (SSSR count). The van der Waals surface area contributed by atoms with Crippen molar-refractivity contribution in [2.45, 2.75) is 6.42 Å². The van der Waals surface area contributed by atoms with E-state index in [0.717, 1.165) is 5.69 Å². The van der Waals surface area contributed by atoms with Crippen LogP contribution in [0.1, 0.15) is 6.42 Å². The van der Waals surface area contributed by atoms with Gasteiger partial charge in [-0.15, -0.1) is 0 Å². The smallest absolute Gasteiger partial charge is 0.149 e. The van der Waals surface area contributed by atoms with Crippen LogP contribution in [0.3, 0.4) is 0 Å². The van der Waals surface area contributed by atoms with Crippen molar-refractivity contribution in [3.05, 3.63) is 12.1 Å². The average Bonchev–Trinajstić information content (AvgIpc) is 2.42. The van der Waals surface area contributed by atoms with Gasteiger partial charge in [-0.1, -0.05) is 0 Å². The molecule has 0 spiro atoms. The zero-order chi connectivity index (χ0) is 13.5. The standard InChI is InChI=1S/C13H18N2O3/c1-15(7-5-6-14)13-11(17-3)8-10(16-2)9-12(13)18-4/h8-9H,5,7H2,1-4H3. The second kappa shape index (κ2) is 6.60. The highest BCUT2D eigenvalue weighted by molar-refractivity contribution is 5.70. The molecule has 0 atom stereocenters. The molecule has 0 aliphatic carbocycles. The SMILES string of the molecule is COc1cc(OC)c(N(C)CCC#N)c(OC)c1. The van der Waals surface area contributed by atoms with E-state index in [0.29, 0.717) is 30.2 Å². The summed E-state index contributed by atoms with van der Waals surface area (Å²) in [5.41, 5.74) is 0.816. The van der Waals surface area contributed by atoms with E-state index in [1.165, 1.54) is 0 Å². The van der Waals surface area contributed by atoms with Gasteiger partial charge in [-0.25, -0.2) is 0 Å². The lowest BCUT2D eigenvalue weighted by atomic mass is 10.2. The van der Waals surface area contributed by atoms with Crippen LogP contribution in [0.15, 0.2) is 12.1 Å². The highest BCUT2D eigenvalue weighted by Crippen LogP contribution is 2.40. The molecular formula is C13H18N2O3. The second-order valence-electron chi connectivity index (χ2n) is 3.71. The maximum Gasteiger partial charge on any atom is 0.149 e. The van der Waals surface area contributed by atoms with E-state index in [1.54, 1.807) is 33.5 Å². The van der Waals surface area contributed by atoms with Gasteiger partial charge in [-0.2, -0.15) is 5.26 Å². The Balaban J connectivity index is 3.18. The number of benzene rings is 1. The fourth-order valence-corrected chi connectivity index (χ4v) is 1.69. The number of hydrogen-bond acceptors (Lipinski definition) is 5. The lowest BCUT2D eigenvalue weighted by Gasteiger charge is -2.23. The molecular weight excluding hydrogens is 232 g/mol. The molecule has 98 valence electrons. The number of hydrogen-bond donors (Lipinski definition) is 0. The third-order valence-corrected chi connectivity index (χ3v) is 2.63. The molecule has 1 aromatic rings. The van der Waals surface area contributed by atoms with Crippen molar-refractivity contribution in [3.8, 4) is 23.3 Å². The third kappa shape index (κ3) is 2.98. The van der Waals surface area contributed by atoms with Gasteiger partial charge < -0.3 is 19.1 Å². The second-order valence-corrected chi connectivity index (χ2v) is 3.71. The molecule has 5 nitrogen and oxygen atoms in total. The van der Waals surface area contributed by atoms with Crippen LogP contribution in [0.2, 0.25) is 0 Å². The Bertz CT molecular complexity index is 415. The summed E-state index contributed by atoms with van der Waals surface area (Å²) in [6.45, 7) is 0.607. The fraction of sp³-hybridized carbons (Fsp3) is 0.462. The molecule has 0 saturated carbocycles. The zero-order valence-electron chi connectivity index (χ0n) is 11.2. The van der Waals surface area contributed by atoms with Gasteiger partial charge in [0.1, 0.15) is 22.9 Å². The van der Waals surface area contributed by atoms with E-state index >= 15 is 0 Å². The van der Waals surface area contributed by atoms with E-state index in [9.17, 15) is 0 Å². The molecule has 0 fully saturated rings. The van der Waals surface area contributed by atoms with Crippen LogP contribution in [-0.4, -0.2) is 34.9 Å². The minimum absolute atomic E-state index is 0.439. The summed E-state index contributed by atoms with van der Waals surface area (Å²) in [5.74, 6) is 1.99. The molecule has 0 aliphatic rings. The largest absolute Gasteiger partial charge is 0.496 e. The van der Waals surface area contributed by atoms with Crippen LogP contribution in [0.25, 0.3) is 0 Å². The molecule has 0 aliphatic heterocycles. The number of ether oxygens (including phenoxy) is 3. The molecule has 18 heavy (non-hydrogen) atoms. The molecule has 0 aromatic heterocycles. The van der Waals surface area contributed by atoms with Gasteiger partial charge in [0.2, 0.25) is 0 Å². The summed E-state index contributed by atoms with van der Waals surface area (Å²) in [4.78, 5) is 1.93. The molecule has 0 bridgehead atoms. The van der Waals surface area contributed by atoms with Gasteiger partial charge in [-0.3, -0.25) is 0 Å². The molecule has 0 heterocycles. The Labute approximate surface area is 107 Å². The van der Waals surface area contributed by atoms with E-state index < -0.39 is 0 Å². The minimum Gasteiger partial charge on any atom is -0.496 e. The topological polar surface area (TPSA) is 54.7 Å². The molecule has 5 heteroatoms. The van der Waals surface area contributed by atoms with Gasteiger partial charge in [0, 0.05) is 25.7 Å². The van der Waals surface area contributed by atoms with Crippen molar-refractivity contribution in [1.29, 1.82) is 5.26 Å². The molecule has 0 N–H and O–H groups in total. The summed E-state index contributed by atoms with van der Waals surface area (Å²) in [7, 11) is 6.67. The van der Waals surface area contributed by atoms with Crippen molar-refractivity contribution in [2.24, 2.45) is 0 Å². The minimum atomic E-state index is 0.439. The summed E-state index contributed by atoms with van der Waals surface area (Å²) >= 11 is 0. The average molecular weight is 250 g/mol. The van der Waals surface area contributed by atoms with Crippen molar-refractivity contribution in [1.82, 2.24) is 0 Å². The van der Waals surface area contributed by atoms with Crippen LogP contribution in [0.5, 0.6) is 17.2 Å².